The van der Waals surface area contributed by atoms with Gasteiger partial charge < -0.3 is 5.32 Å². The Balaban J connectivity index is 2.18. The largest absolute Gasteiger partial charge is 0.385 e. The third kappa shape index (κ3) is 3.23. The molecule has 0 saturated carbocycles. The fourth-order valence-corrected chi connectivity index (χ4v) is 2.26. The van der Waals surface area contributed by atoms with Crippen molar-refractivity contribution in [2.75, 3.05) is 11.9 Å². The van der Waals surface area contributed by atoms with Crippen molar-refractivity contribution < 1.29 is 4.92 Å². The summed E-state index contributed by atoms with van der Waals surface area (Å²) in [6, 6.07) is 5.13. The number of benzene rings is 1. The van der Waals surface area contributed by atoms with Gasteiger partial charge in [0.15, 0.2) is 0 Å². The highest BCUT2D eigenvalue weighted by molar-refractivity contribution is 5.99. The zero-order valence-electron chi connectivity index (χ0n) is 11.6. The van der Waals surface area contributed by atoms with Crippen LogP contribution in [0.2, 0.25) is 0 Å². The second-order valence-electron chi connectivity index (χ2n) is 4.80. The molecule has 0 unspecified atom stereocenters. The van der Waals surface area contributed by atoms with E-state index in [1.165, 1.54) is 19.3 Å². The van der Waals surface area contributed by atoms with Gasteiger partial charge in [-0.1, -0.05) is 26.2 Å². The van der Waals surface area contributed by atoms with E-state index in [0.717, 1.165) is 24.0 Å². The number of nitrogens with zero attached hydrogens (tertiary/aromatic N) is 2. The Kier molecular flexibility index (Phi) is 4.87. The number of hydrogen-bond donors (Lipinski definition) is 1. The fraction of sp³-hybridized carbons (Fsp3) is 0.400. The number of non-ortho nitro benzene ring substituents is 1. The molecule has 1 aromatic heterocycles. The third-order valence-electron chi connectivity index (χ3n) is 3.34. The van der Waals surface area contributed by atoms with Gasteiger partial charge in [0.05, 0.1) is 10.3 Å². The van der Waals surface area contributed by atoms with E-state index >= 15 is 0 Å². The molecule has 2 rings (SSSR count). The Labute approximate surface area is 118 Å². The molecule has 106 valence electrons. The average Bonchev–Trinajstić information content (AvgIpc) is 2.46. The summed E-state index contributed by atoms with van der Waals surface area (Å²) in [6.45, 7) is 3.07. The van der Waals surface area contributed by atoms with Gasteiger partial charge in [-0.2, -0.15) is 0 Å². The number of nitrogens with one attached hydrogen (secondary N) is 1. The highest BCUT2D eigenvalue weighted by Crippen LogP contribution is 2.30. The van der Waals surface area contributed by atoms with E-state index in [0.29, 0.717) is 5.39 Å². The van der Waals surface area contributed by atoms with Crippen LogP contribution >= 0.6 is 0 Å². The molecule has 1 heterocycles. The Morgan fingerprint density at radius 1 is 1.20 bits per heavy atom. The van der Waals surface area contributed by atoms with Crippen LogP contribution < -0.4 is 5.32 Å². The number of pyridine rings is 1. The summed E-state index contributed by atoms with van der Waals surface area (Å²) < 4.78 is 0. The van der Waals surface area contributed by atoms with Crippen LogP contribution in [-0.2, 0) is 0 Å². The summed E-state index contributed by atoms with van der Waals surface area (Å²) in [4.78, 5) is 14.6. The van der Waals surface area contributed by atoms with Crippen molar-refractivity contribution >= 4 is 22.1 Å². The minimum atomic E-state index is -0.366. The van der Waals surface area contributed by atoms with Crippen LogP contribution in [0, 0.1) is 10.1 Å². The molecular formula is C15H19N3O2. The Bertz CT molecular complexity index is 599. The lowest BCUT2D eigenvalue weighted by Crippen LogP contribution is -2.02. The minimum absolute atomic E-state index is 0.102. The lowest BCUT2D eigenvalue weighted by molar-refractivity contribution is -0.383. The first kappa shape index (κ1) is 14.2. The molecule has 0 amide bonds. The summed E-state index contributed by atoms with van der Waals surface area (Å²) in [5, 5.41) is 15.8. The molecule has 0 spiro atoms. The average molecular weight is 273 g/mol. The first-order valence-corrected chi connectivity index (χ1v) is 6.99. The van der Waals surface area contributed by atoms with E-state index in [-0.39, 0.29) is 10.6 Å². The lowest BCUT2D eigenvalue weighted by atomic mass is 10.1. The van der Waals surface area contributed by atoms with Crippen LogP contribution in [-0.4, -0.2) is 16.5 Å². The molecule has 0 aliphatic heterocycles. The molecule has 20 heavy (non-hydrogen) atoms. The number of unbranched alkanes of at least 4 members (excludes halogenated alkanes) is 3. The van der Waals surface area contributed by atoms with E-state index in [2.05, 4.69) is 17.2 Å². The van der Waals surface area contributed by atoms with Crippen molar-refractivity contribution in [2.24, 2.45) is 0 Å². The normalized spacial score (nSPS) is 10.7. The minimum Gasteiger partial charge on any atom is -0.385 e. The van der Waals surface area contributed by atoms with Gasteiger partial charge in [0, 0.05) is 36.1 Å². The number of nitro groups is 1. The van der Waals surface area contributed by atoms with Gasteiger partial charge >= 0.3 is 0 Å². The van der Waals surface area contributed by atoms with E-state index < -0.39 is 0 Å². The molecule has 2 aromatic rings. The third-order valence-corrected chi connectivity index (χ3v) is 3.34. The number of aromatic nitrogens is 1. The van der Waals surface area contributed by atoms with Crippen molar-refractivity contribution in [1.82, 2.24) is 4.98 Å². The van der Waals surface area contributed by atoms with Crippen LogP contribution in [0.15, 0.2) is 30.6 Å². The number of hydrogen-bond acceptors (Lipinski definition) is 4. The smallest absolute Gasteiger partial charge is 0.278 e. The maximum absolute atomic E-state index is 11.0. The molecular weight excluding hydrogens is 254 g/mol. The summed E-state index contributed by atoms with van der Waals surface area (Å²) >= 11 is 0. The Morgan fingerprint density at radius 2 is 2.05 bits per heavy atom. The fourth-order valence-electron chi connectivity index (χ4n) is 2.26. The first-order chi connectivity index (χ1) is 9.74. The van der Waals surface area contributed by atoms with Crippen LogP contribution in [0.3, 0.4) is 0 Å². The first-order valence-electron chi connectivity index (χ1n) is 6.99. The van der Waals surface area contributed by atoms with Gasteiger partial charge in [0.1, 0.15) is 0 Å². The number of rotatable bonds is 7. The van der Waals surface area contributed by atoms with Crippen molar-refractivity contribution in [2.45, 2.75) is 32.6 Å². The monoisotopic (exact) mass is 273 g/mol. The molecule has 0 fully saturated rings. The number of anilines is 1. The van der Waals surface area contributed by atoms with Crippen molar-refractivity contribution in [3.05, 3.63) is 40.7 Å². The van der Waals surface area contributed by atoms with Crippen molar-refractivity contribution in [1.29, 1.82) is 0 Å². The summed E-state index contributed by atoms with van der Waals surface area (Å²) in [5.41, 5.74) is 1.04. The van der Waals surface area contributed by atoms with E-state index in [9.17, 15) is 10.1 Å². The summed E-state index contributed by atoms with van der Waals surface area (Å²) in [5.74, 6) is 0. The quantitative estimate of drug-likeness (QED) is 0.468. The second-order valence-corrected chi connectivity index (χ2v) is 4.80. The molecule has 0 aliphatic rings. The number of nitro benzene ring substituents is 1. The molecule has 1 N–H and O–H groups in total. The summed E-state index contributed by atoms with van der Waals surface area (Å²) in [6.07, 6.45) is 7.98. The Morgan fingerprint density at radius 3 is 2.80 bits per heavy atom. The molecule has 0 bridgehead atoms. The van der Waals surface area contributed by atoms with Gasteiger partial charge in [-0.25, -0.2) is 0 Å². The van der Waals surface area contributed by atoms with Crippen molar-refractivity contribution in [3.63, 3.8) is 0 Å². The van der Waals surface area contributed by atoms with E-state index in [4.69, 9.17) is 0 Å². The van der Waals surface area contributed by atoms with E-state index in [1.807, 2.05) is 6.07 Å². The molecule has 0 aliphatic carbocycles. The van der Waals surface area contributed by atoms with Gasteiger partial charge in [0.25, 0.3) is 5.69 Å². The molecule has 0 radical (unpaired) electrons. The number of fused-ring (bicyclic) bond motifs is 1. The van der Waals surface area contributed by atoms with Gasteiger partial charge in [0.2, 0.25) is 0 Å². The maximum atomic E-state index is 11.0. The van der Waals surface area contributed by atoms with Gasteiger partial charge in [-0.3, -0.25) is 15.1 Å². The highest BCUT2D eigenvalue weighted by atomic mass is 16.6. The van der Waals surface area contributed by atoms with Gasteiger partial charge in [-0.15, -0.1) is 0 Å². The topological polar surface area (TPSA) is 68.1 Å². The molecule has 5 heteroatoms. The summed E-state index contributed by atoms with van der Waals surface area (Å²) in [7, 11) is 0. The van der Waals surface area contributed by atoms with Crippen LogP contribution in [0.1, 0.15) is 32.6 Å². The standard InChI is InChI=1S/C15H19N3O2/c1-2-3-4-5-9-17-14-6-7-15(18(19)20)13-11-16-10-8-12(13)14/h6-8,10-11,17H,2-5,9H2,1H3. The lowest BCUT2D eigenvalue weighted by Gasteiger charge is -2.09. The highest BCUT2D eigenvalue weighted by Gasteiger charge is 2.13. The van der Waals surface area contributed by atoms with Crippen LogP contribution in [0.5, 0.6) is 0 Å². The zero-order chi connectivity index (χ0) is 14.4. The molecule has 5 nitrogen and oxygen atoms in total. The van der Waals surface area contributed by atoms with Crippen LogP contribution in [0.4, 0.5) is 11.4 Å². The zero-order valence-corrected chi connectivity index (χ0v) is 11.6. The SMILES string of the molecule is CCCCCCNc1ccc([N+](=O)[O-])c2cnccc12. The second kappa shape index (κ2) is 6.84. The van der Waals surface area contributed by atoms with Crippen LogP contribution in [0.25, 0.3) is 10.8 Å². The molecule has 0 atom stereocenters. The Hall–Kier alpha value is -2.17. The predicted octanol–water partition coefficient (Wildman–Crippen LogP) is 4.14. The molecule has 1 aromatic carbocycles. The molecule has 0 saturated heterocycles. The van der Waals surface area contributed by atoms with Gasteiger partial charge in [-0.05, 0) is 18.6 Å². The van der Waals surface area contributed by atoms with Crippen molar-refractivity contribution in [3.8, 4) is 0 Å². The van der Waals surface area contributed by atoms with E-state index in [1.54, 1.807) is 24.5 Å². The maximum Gasteiger partial charge on any atom is 0.278 e. The predicted molar refractivity (Wildman–Crippen MR) is 81.0 cm³/mol.